The SMILES string of the molecule is CC(C)CC(N)=NOCC(=O)NCCc1ccc(Cl)cc1. The standard InChI is InChI=1S/C15H22ClN3O2/c1-11(2)9-14(17)19-21-10-15(20)18-8-7-12-3-5-13(16)6-4-12/h3-6,11H,7-10H2,1-2H3,(H2,17,19)(H,18,20). The van der Waals surface area contributed by atoms with Crippen LogP contribution in [0.4, 0.5) is 0 Å². The van der Waals surface area contributed by atoms with E-state index in [1.54, 1.807) is 0 Å². The number of oxime groups is 1. The second-order valence-corrected chi connectivity index (χ2v) is 5.62. The van der Waals surface area contributed by atoms with Crippen molar-refractivity contribution >= 4 is 23.3 Å². The molecule has 1 amide bonds. The zero-order chi connectivity index (χ0) is 15.7. The molecule has 0 spiro atoms. The number of nitrogens with zero attached hydrogens (tertiary/aromatic N) is 1. The monoisotopic (exact) mass is 311 g/mol. The molecule has 1 aromatic rings. The van der Waals surface area contributed by atoms with Gasteiger partial charge in [-0.3, -0.25) is 4.79 Å². The van der Waals surface area contributed by atoms with Crippen LogP contribution in [0.3, 0.4) is 0 Å². The number of rotatable bonds is 8. The Kier molecular flexibility index (Phi) is 7.61. The number of hydrogen-bond donors (Lipinski definition) is 2. The Morgan fingerprint density at radius 1 is 1.38 bits per heavy atom. The molecular weight excluding hydrogens is 290 g/mol. The number of carbonyl (C=O) groups excluding carboxylic acids is 1. The zero-order valence-corrected chi connectivity index (χ0v) is 13.2. The van der Waals surface area contributed by atoms with E-state index in [1.807, 2.05) is 38.1 Å². The summed E-state index contributed by atoms with van der Waals surface area (Å²) in [4.78, 5) is 16.4. The van der Waals surface area contributed by atoms with E-state index in [4.69, 9.17) is 22.2 Å². The molecule has 0 aliphatic heterocycles. The van der Waals surface area contributed by atoms with Gasteiger partial charge in [0.15, 0.2) is 6.61 Å². The molecule has 21 heavy (non-hydrogen) atoms. The summed E-state index contributed by atoms with van der Waals surface area (Å²) in [5, 5.41) is 7.15. The van der Waals surface area contributed by atoms with E-state index < -0.39 is 0 Å². The number of amidine groups is 1. The first-order chi connectivity index (χ1) is 9.97. The Morgan fingerprint density at radius 3 is 2.67 bits per heavy atom. The minimum Gasteiger partial charge on any atom is -0.384 e. The first kappa shape index (κ1) is 17.3. The van der Waals surface area contributed by atoms with Crippen molar-refractivity contribution in [2.45, 2.75) is 26.7 Å². The van der Waals surface area contributed by atoms with Gasteiger partial charge in [-0.1, -0.05) is 42.7 Å². The topological polar surface area (TPSA) is 76.7 Å². The minimum atomic E-state index is -0.218. The number of hydrogen-bond acceptors (Lipinski definition) is 3. The van der Waals surface area contributed by atoms with Crippen LogP contribution in [0.15, 0.2) is 29.4 Å². The third-order valence-corrected chi connectivity index (χ3v) is 2.90. The van der Waals surface area contributed by atoms with E-state index in [0.717, 1.165) is 12.0 Å². The van der Waals surface area contributed by atoms with E-state index in [2.05, 4.69) is 10.5 Å². The van der Waals surface area contributed by atoms with Crippen LogP contribution in [0.2, 0.25) is 5.02 Å². The van der Waals surface area contributed by atoms with Crippen LogP contribution in [0.5, 0.6) is 0 Å². The van der Waals surface area contributed by atoms with Crippen molar-refractivity contribution < 1.29 is 9.63 Å². The lowest BCUT2D eigenvalue weighted by atomic mass is 10.1. The molecule has 1 rings (SSSR count). The van der Waals surface area contributed by atoms with Gasteiger partial charge >= 0.3 is 0 Å². The van der Waals surface area contributed by atoms with Crippen molar-refractivity contribution in [3.63, 3.8) is 0 Å². The van der Waals surface area contributed by atoms with E-state index >= 15 is 0 Å². The highest BCUT2D eigenvalue weighted by Gasteiger charge is 2.03. The maximum absolute atomic E-state index is 11.5. The summed E-state index contributed by atoms with van der Waals surface area (Å²) in [7, 11) is 0. The van der Waals surface area contributed by atoms with Gasteiger partial charge in [-0.05, 0) is 30.0 Å². The van der Waals surface area contributed by atoms with Gasteiger partial charge in [0.05, 0.1) is 0 Å². The molecule has 0 fully saturated rings. The average Bonchev–Trinajstić information content (AvgIpc) is 2.40. The molecule has 0 heterocycles. The number of carbonyl (C=O) groups is 1. The molecule has 6 heteroatoms. The maximum Gasteiger partial charge on any atom is 0.260 e. The normalized spacial score (nSPS) is 11.5. The van der Waals surface area contributed by atoms with Crippen LogP contribution in [0.1, 0.15) is 25.8 Å². The van der Waals surface area contributed by atoms with E-state index in [1.165, 1.54) is 0 Å². The number of nitrogens with one attached hydrogen (secondary N) is 1. The van der Waals surface area contributed by atoms with Gasteiger partial charge in [-0.25, -0.2) is 0 Å². The first-order valence-electron chi connectivity index (χ1n) is 6.93. The van der Waals surface area contributed by atoms with Crippen LogP contribution in [-0.4, -0.2) is 24.9 Å². The predicted molar refractivity (Wildman–Crippen MR) is 85.2 cm³/mol. The largest absolute Gasteiger partial charge is 0.384 e. The van der Waals surface area contributed by atoms with Gasteiger partial charge < -0.3 is 15.9 Å². The predicted octanol–water partition coefficient (Wildman–Crippen LogP) is 2.33. The highest BCUT2D eigenvalue weighted by Crippen LogP contribution is 2.09. The van der Waals surface area contributed by atoms with Crippen LogP contribution < -0.4 is 11.1 Å². The molecule has 0 aliphatic rings. The van der Waals surface area contributed by atoms with Gasteiger partial charge in [0.1, 0.15) is 5.84 Å². The number of halogens is 1. The van der Waals surface area contributed by atoms with Crippen molar-refractivity contribution in [1.29, 1.82) is 0 Å². The van der Waals surface area contributed by atoms with Crippen molar-refractivity contribution in [2.24, 2.45) is 16.8 Å². The molecule has 3 N–H and O–H groups in total. The Labute approximate surface area is 130 Å². The molecule has 116 valence electrons. The fourth-order valence-corrected chi connectivity index (χ4v) is 1.80. The summed E-state index contributed by atoms with van der Waals surface area (Å²) in [5.41, 5.74) is 6.74. The van der Waals surface area contributed by atoms with Gasteiger partial charge in [-0.15, -0.1) is 0 Å². The van der Waals surface area contributed by atoms with E-state index in [9.17, 15) is 4.79 Å². The number of amides is 1. The average molecular weight is 312 g/mol. The third kappa shape index (κ3) is 8.19. The Balaban J connectivity index is 2.18. The molecule has 0 saturated carbocycles. The third-order valence-electron chi connectivity index (χ3n) is 2.64. The zero-order valence-electron chi connectivity index (χ0n) is 12.4. The van der Waals surface area contributed by atoms with Crippen LogP contribution in [0, 0.1) is 5.92 Å². The molecule has 0 radical (unpaired) electrons. The van der Waals surface area contributed by atoms with Gasteiger partial charge in [-0.2, -0.15) is 0 Å². The Morgan fingerprint density at radius 2 is 2.05 bits per heavy atom. The number of benzene rings is 1. The molecular formula is C15H22ClN3O2. The van der Waals surface area contributed by atoms with Crippen molar-refractivity contribution in [2.75, 3.05) is 13.2 Å². The van der Waals surface area contributed by atoms with Crippen LogP contribution in [0.25, 0.3) is 0 Å². The van der Waals surface area contributed by atoms with Gasteiger partial charge in [0.2, 0.25) is 0 Å². The highest BCUT2D eigenvalue weighted by atomic mass is 35.5. The summed E-state index contributed by atoms with van der Waals surface area (Å²) in [6, 6.07) is 7.52. The molecule has 5 nitrogen and oxygen atoms in total. The smallest absolute Gasteiger partial charge is 0.260 e. The first-order valence-corrected chi connectivity index (χ1v) is 7.30. The lowest BCUT2D eigenvalue weighted by Gasteiger charge is -2.06. The van der Waals surface area contributed by atoms with E-state index in [-0.39, 0.29) is 12.5 Å². The molecule has 0 bridgehead atoms. The Hall–Kier alpha value is -1.75. The van der Waals surface area contributed by atoms with Crippen molar-refractivity contribution in [1.82, 2.24) is 5.32 Å². The molecule has 1 aromatic carbocycles. The lowest BCUT2D eigenvalue weighted by Crippen LogP contribution is -2.29. The van der Waals surface area contributed by atoms with Crippen molar-refractivity contribution in [3.8, 4) is 0 Å². The Bertz CT molecular complexity index is 472. The summed E-state index contributed by atoms with van der Waals surface area (Å²) < 4.78 is 0. The van der Waals surface area contributed by atoms with Crippen LogP contribution in [-0.2, 0) is 16.1 Å². The second kappa shape index (κ2) is 9.23. The fraction of sp³-hybridized carbons (Fsp3) is 0.467. The molecule has 0 aromatic heterocycles. The van der Waals surface area contributed by atoms with Crippen molar-refractivity contribution in [3.05, 3.63) is 34.9 Å². The van der Waals surface area contributed by atoms with E-state index in [0.29, 0.717) is 29.7 Å². The summed E-state index contributed by atoms with van der Waals surface area (Å²) in [6.45, 7) is 4.48. The highest BCUT2D eigenvalue weighted by molar-refractivity contribution is 6.30. The number of nitrogens with two attached hydrogens (primary N) is 1. The van der Waals surface area contributed by atoms with Gasteiger partial charge in [0.25, 0.3) is 5.91 Å². The van der Waals surface area contributed by atoms with Gasteiger partial charge in [0, 0.05) is 18.0 Å². The quantitative estimate of drug-likeness (QED) is 0.439. The summed E-state index contributed by atoms with van der Waals surface area (Å²) in [6.07, 6.45) is 1.39. The van der Waals surface area contributed by atoms with Crippen LogP contribution >= 0.6 is 11.6 Å². The molecule has 0 unspecified atom stereocenters. The molecule has 0 atom stereocenters. The second-order valence-electron chi connectivity index (χ2n) is 5.18. The maximum atomic E-state index is 11.5. The minimum absolute atomic E-state index is 0.126. The summed E-state index contributed by atoms with van der Waals surface area (Å²) in [5.74, 6) is 0.592. The molecule has 0 aliphatic carbocycles. The lowest BCUT2D eigenvalue weighted by molar-refractivity contribution is -0.125. The fourth-order valence-electron chi connectivity index (χ4n) is 1.68. The summed E-state index contributed by atoms with van der Waals surface area (Å²) >= 11 is 5.80. The molecule has 0 saturated heterocycles.